The van der Waals surface area contributed by atoms with Crippen LogP contribution in [0.25, 0.3) is 0 Å². The molecule has 3 aliphatic heterocycles. The second-order valence-electron chi connectivity index (χ2n) is 9.23. The van der Waals surface area contributed by atoms with Crippen LogP contribution < -0.4 is 10.2 Å². The van der Waals surface area contributed by atoms with Gasteiger partial charge < -0.3 is 19.9 Å². The lowest BCUT2D eigenvalue weighted by Crippen LogP contribution is -2.43. The summed E-state index contributed by atoms with van der Waals surface area (Å²) in [6.45, 7) is 3.74. The maximum Gasteiger partial charge on any atom is 0.251 e. The minimum atomic E-state index is -0.225. The van der Waals surface area contributed by atoms with Gasteiger partial charge in [-0.25, -0.2) is 0 Å². The summed E-state index contributed by atoms with van der Waals surface area (Å²) in [5.74, 6) is 1.42. The Morgan fingerprint density at radius 3 is 2.52 bits per heavy atom. The molecule has 2 amide bonds. The lowest BCUT2D eigenvalue weighted by Gasteiger charge is -2.33. The van der Waals surface area contributed by atoms with E-state index in [1.54, 1.807) is 6.20 Å². The summed E-state index contributed by atoms with van der Waals surface area (Å²) in [4.78, 5) is 29.4. The highest BCUT2D eigenvalue weighted by molar-refractivity contribution is 5.93. The number of rotatable bonds is 5. The molecule has 2 aromatic rings. The molecule has 8 nitrogen and oxygen atoms in total. The van der Waals surface area contributed by atoms with E-state index >= 15 is 0 Å². The molecular weight excluding hydrogens is 418 g/mol. The van der Waals surface area contributed by atoms with E-state index in [4.69, 9.17) is 4.74 Å². The van der Waals surface area contributed by atoms with Gasteiger partial charge in [0.25, 0.3) is 5.91 Å². The molecule has 33 heavy (non-hydrogen) atoms. The Morgan fingerprint density at radius 1 is 1.00 bits per heavy atom. The topological polar surface area (TPSA) is 87.7 Å². The third kappa shape index (κ3) is 5.00. The van der Waals surface area contributed by atoms with Gasteiger partial charge in [-0.2, -0.15) is 5.10 Å². The van der Waals surface area contributed by atoms with Gasteiger partial charge in [0.05, 0.1) is 5.92 Å². The number of piperidine rings is 1. The fourth-order valence-corrected chi connectivity index (χ4v) is 5.14. The van der Waals surface area contributed by atoms with Crippen LogP contribution in [0.2, 0.25) is 0 Å². The summed E-state index contributed by atoms with van der Waals surface area (Å²) in [5.41, 5.74) is 2.10. The Hall–Kier alpha value is -3.00. The number of amides is 2. The highest BCUT2D eigenvalue weighted by Crippen LogP contribution is 2.30. The highest BCUT2D eigenvalue weighted by atomic mass is 16.5. The van der Waals surface area contributed by atoms with Crippen LogP contribution in [0.4, 0.5) is 11.5 Å². The molecule has 5 rings (SSSR count). The van der Waals surface area contributed by atoms with Crippen molar-refractivity contribution in [2.45, 2.75) is 44.1 Å². The first-order valence-corrected chi connectivity index (χ1v) is 12.0. The van der Waals surface area contributed by atoms with Crippen molar-refractivity contribution < 1.29 is 14.3 Å². The molecule has 1 aromatic heterocycles. The van der Waals surface area contributed by atoms with Gasteiger partial charge in [-0.15, -0.1) is 5.10 Å². The Bertz CT molecular complexity index is 954. The maximum atomic E-state index is 12.8. The number of carbonyl (C=O) groups is 2. The van der Waals surface area contributed by atoms with Gasteiger partial charge in [-0.1, -0.05) is 12.1 Å². The van der Waals surface area contributed by atoms with Crippen molar-refractivity contribution in [3.8, 4) is 0 Å². The zero-order chi connectivity index (χ0) is 22.6. The molecule has 174 valence electrons. The van der Waals surface area contributed by atoms with Crippen LogP contribution >= 0.6 is 0 Å². The first kappa shape index (κ1) is 21.8. The van der Waals surface area contributed by atoms with Crippen molar-refractivity contribution in [2.75, 3.05) is 43.0 Å². The zero-order valence-corrected chi connectivity index (χ0v) is 18.9. The van der Waals surface area contributed by atoms with Crippen LogP contribution in [0.15, 0.2) is 42.6 Å². The second-order valence-corrected chi connectivity index (χ2v) is 9.23. The molecule has 3 aliphatic rings. The van der Waals surface area contributed by atoms with Gasteiger partial charge in [-0.05, 0) is 67.9 Å². The van der Waals surface area contributed by atoms with Crippen molar-refractivity contribution in [3.63, 3.8) is 0 Å². The molecule has 0 saturated carbocycles. The Balaban J connectivity index is 1.11. The van der Waals surface area contributed by atoms with Gasteiger partial charge >= 0.3 is 0 Å². The summed E-state index contributed by atoms with van der Waals surface area (Å²) < 4.78 is 5.56. The number of aromatic nitrogens is 2. The van der Waals surface area contributed by atoms with Crippen molar-refractivity contribution in [3.05, 3.63) is 48.2 Å². The number of ether oxygens (including phenoxy) is 1. The predicted octanol–water partition coefficient (Wildman–Crippen LogP) is 2.83. The summed E-state index contributed by atoms with van der Waals surface area (Å²) in [6.07, 6.45) is 6.00. The van der Waals surface area contributed by atoms with Crippen molar-refractivity contribution in [2.24, 2.45) is 5.92 Å². The molecule has 8 heteroatoms. The van der Waals surface area contributed by atoms with Crippen LogP contribution in [-0.4, -0.2) is 65.8 Å². The quantitative estimate of drug-likeness (QED) is 0.755. The Kier molecular flexibility index (Phi) is 6.53. The lowest BCUT2D eigenvalue weighted by molar-refractivity contribution is -0.142. The van der Waals surface area contributed by atoms with E-state index in [0.29, 0.717) is 19.1 Å². The van der Waals surface area contributed by atoms with E-state index in [0.717, 1.165) is 63.2 Å². The number of likely N-dealkylation sites (tertiary alicyclic amines) is 1. The SMILES string of the molecule is O=C(Nc1ccc(C2CCN(C(=O)C3CCCO3)CC2)cc1)[C@H]1CCN(c2cccnn2)C1. The first-order valence-electron chi connectivity index (χ1n) is 12.0. The van der Waals surface area contributed by atoms with Gasteiger partial charge in [0.2, 0.25) is 5.91 Å². The minimum Gasteiger partial charge on any atom is -0.368 e. The number of anilines is 2. The molecule has 1 unspecified atom stereocenters. The molecular formula is C25H31N5O3. The van der Waals surface area contributed by atoms with Crippen LogP contribution in [0.5, 0.6) is 0 Å². The average Bonchev–Trinajstić information content (AvgIpc) is 3.58. The number of nitrogens with one attached hydrogen (secondary N) is 1. The third-order valence-electron chi connectivity index (χ3n) is 7.10. The van der Waals surface area contributed by atoms with Gasteiger partial charge in [-0.3, -0.25) is 9.59 Å². The lowest BCUT2D eigenvalue weighted by atomic mass is 9.89. The molecule has 0 spiro atoms. The number of carbonyl (C=O) groups excluding carboxylic acids is 2. The average molecular weight is 450 g/mol. The van der Waals surface area contributed by atoms with Crippen LogP contribution in [-0.2, 0) is 14.3 Å². The number of hydrogen-bond donors (Lipinski definition) is 1. The van der Waals surface area contributed by atoms with E-state index in [1.807, 2.05) is 29.2 Å². The van der Waals surface area contributed by atoms with E-state index in [2.05, 4.69) is 32.5 Å². The summed E-state index contributed by atoms with van der Waals surface area (Å²) in [6, 6.07) is 12.0. The first-order chi connectivity index (χ1) is 16.2. The Labute approximate surface area is 194 Å². The normalized spacial score (nSPS) is 23.6. The maximum absolute atomic E-state index is 12.8. The van der Waals surface area contributed by atoms with Crippen molar-refractivity contribution in [1.82, 2.24) is 15.1 Å². The fraction of sp³-hybridized carbons (Fsp3) is 0.520. The van der Waals surface area contributed by atoms with Crippen molar-refractivity contribution >= 4 is 23.3 Å². The molecule has 0 bridgehead atoms. The number of nitrogens with zero attached hydrogens (tertiary/aromatic N) is 4. The third-order valence-corrected chi connectivity index (χ3v) is 7.10. The fourth-order valence-electron chi connectivity index (χ4n) is 5.14. The predicted molar refractivity (Wildman–Crippen MR) is 125 cm³/mol. The van der Waals surface area contributed by atoms with Gasteiger partial charge in [0, 0.05) is 44.7 Å². The van der Waals surface area contributed by atoms with Crippen LogP contribution in [0, 0.1) is 5.92 Å². The molecule has 3 fully saturated rings. The molecule has 0 aliphatic carbocycles. The summed E-state index contributed by atoms with van der Waals surface area (Å²) in [7, 11) is 0. The minimum absolute atomic E-state index is 0.0510. The standard InChI is InChI=1S/C25H31N5O3/c31-24(20-11-15-30(17-20)23-4-1-12-26-28-23)27-21-7-5-18(6-8-21)19-9-13-29(14-10-19)25(32)22-3-2-16-33-22/h1,4-8,12,19-20,22H,2-3,9-11,13-17H2,(H,27,31)/t20-,22?/m0/s1. The summed E-state index contributed by atoms with van der Waals surface area (Å²) >= 11 is 0. The zero-order valence-electron chi connectivity index (χ0n) is 18.9. The number of hydrogen-bond acceptors (Lipinski definition) is 6. The van der Waals surface area contributed by atoms with Gasteiger partial charge in [0.15, 0.2) is 5.82 Å². The van der Waals surface area contributed by atoms with Crippen molar-refractivity contribution in [1.29, 1.82) is 0 Å². The highest BCUT2D eigenvalue weighted by Gasteiger charge is 2.32. The second kappa shape index (κ2) is 9.87. The molecule has 4 heterocycles. The van der Waals surface area contributed by atoms with E-state index in [9.17, 15) is 9.59 Å². The monoisotopic (exact) mass is 449 g/mol. The smallest absolute Gasteiger partial charge is 0.251 e. The summed E-state index contributed by atoms with van der Waals surface area (Å²) in [5, 5.41) is 11.1. The number of benzene rings is 1. The molecule has 3 saturated heterocycles. The van der Waals surface area contributed by atoms with E-state index < -0.39 is 0 Å². The van der Waals surface area contributed by atoms with E-state index in [1.165, 1.54) is 5.56 Å². The Morgan fingerprint density at radius 2 is 1.82 bits per heavy atom. The molecule has 1 aromatic carbocycles. The largest absolute Gasteiger partial charge is 0.368 e. The van der Waals surface area contributed by atoms with E-state index in [-0.39, 0.29) is 23.8 Å². The molecule has 2 atom stereocenters. The van der Waals surface area contributed by atoms with Crippen LogP contribution in [0.1, 0.15) is 43.6 Å². The molecule has 1 N–H and O–H groups in total. The van der Waals surface area contributed by atoms with Crippen LogP contribution in [0.3, 0.4) is 0 Å². The molecule has 0 radical (unpaired) electrons. The van der Waals surface area contributed by atoms with Gasteiger partial charge in [0.1, 0.15) is 6.10 Å².